The summed E-state index contributed by atoms with van der Waals surface area (Å²) >= 11 is 0. The van der Waals surface area contributed by atoms with Crippen LogP contribution in [0.5, 0.6) is 0 Å². The van der Waals surface area contributed by atoms with E-state index in [-0.39, 0.29) is 5.69 Å². The van der Waals surface area contributed by atoms with Gasteiger partial charge in [-0.1, -0.05) is 5.57 Å². The lowest BCUT2D eigenvalue weighted by Gasteiger charge is -2.29. The van der Waals surface area contributed by atoms with Crippen LogP contribution < -0.4 is 5.06 Å². The Kier molecular flexibility index (Phi) is 3.10. The van der Waals surface area contributed by atoms with E-state index in [1.807, 2.05) is 6.92 Å². The van der Waals surface area contributed by atoms with E-state index in [0.717, 1.165) is 5.69 Å². The molecule has 5 heteroatoms. The second kappa shape index (κ2) is 4.55. The van der Waals surface area contributed by atoms with Crippen molar-refractivity contribution in [2.45, 2.75) is 13.8 Å². The molecule has 0 saturated heterocycles. The summed E-state index contributed by atoms with van der Waals surface area (Å²) in [5, 5.41) is 12.3. The number of non-ortho nitro benzene ring substituents is 1. The van der Waals surface area contributed by atoms with Gasteiger partial charge in [0.15, 0.2) is 0 Å². The first-order chi connectivity index (χ1) is 8.08. The molecular formula is C12H14N2O3. The Hall–Kier alpha value is -1.88. The Morgan fingerprint density at radius 2 is 1.88 bits per heavy atom. The average molecular weight is 234 g/mol. The van der Waals surface area contributed by atoms with Crippen molar-refractivity contribution in [1.82, 2.24) is 0 Å². The summed E-state index contributed by atoms with van der Waals surface area (Å²) in [7, 11) is 0. The topological polar surface area (TPSA) is 55.6 Å². The first-order valence-electron chi connectivity index (χ1n) is 5.38. The van der Waals surface area contributed by atoms with Crippen LogP contribution in [-0.4, -0.2) is 18.1 Å². The van der Waals surface area contributed by atoms with Gasteiger partial charge in [-0.3, -0.25) is 15.0 Å². The predicted octanol–water partition coefficient (Wildman–Crippen LogP) is 2.68. The molecule has 0 bridgehead atoms. The van der Waals surface area contributed by atoms with Crippen LogP contribution in [0.25, 0.3) is 0 Å². The van der Waals surface area contributed by atoms with E-state index in [0.29, 0.717) is 13.2 Å². The summed E-state index contributed by atoms with van der Waals surface area (Å²) in [4.78, 5) is 15.7. The zero-order chi connectivity index (χ0) is 12.4. The van der Waals surface area contributed by atoms with Crippen LogP contribution in [0.1, 0.15) is 13.8 Å². The maximum absolute atomic E-state index is 10.5. The van der Waals surface area contributed by atoms with E-state index >= 15 is 0 Å². The van der Waals surface area contributed by atoms with E-state index in [1.165, 1.54) is 23.3 Å². The third-order valence-electron chi connectivity index (χ3n) is 2.89. The maximum Gasteiger partial charge on any atom is 0.269 e. The second-order valence-electron chi connectivity index (χ2n) is 4.14. The minimum Gasteiger partial charge on any atom is -0.269 e. The molecule has 90 valence electrons. The van der Waals surface area contributed by atoms with Gasteiger partial charge in [-0.25, -0.2) is 5.06 Å². The number of benzene rings is 1. The molecule has 0 N–H and O–H groups in total. The molecule has 17 heavy (non-hydrogen) atoms. The minimum atomic E-state index is -0.407. The van der Waals surface area contributed by atoms with Gasteiger partial charge in [0.2, 0.25) is 0 Å². The van der Waals surface area contributed by atoms with Crippen LogP contribution in [0.15, 0.2) is 35.4 Å². The van der Waals surface area contributed by atoms with Gasteiger partial charge in [-0.2, -0.15) is 0 Å². The maximum atomic E-state index is 10.5. The molecule has 0 unspecified atom stereocenters. The number of hydrogen-bond donors (Lipinski definition) is 0. The Morgan fingerprint density at radius 1 is 1.24 bits per heavy atom. The van der Waals surface area contributed by atoms with Gasteiger partial charge in [0.25, 0.3) is 5.69 Å². The highest BCUT2D eigenvalue weighted by atomic mass is 16.7. The SMILES string of the molecule is CC1=C(C)CN(c2ccc([N+](=O)[O-])cc2)OC1. The van der Waals surface area contributed by atoms with Gasteiger partial charge < -0.3 is 0 Å². The summed E-state index contributed by atoms with van der Waals surface area (Å²) in [6.45, 7) is 5.38. The molecule has 0 amide bonds. The third-order valence-corrected chi connectivity index (χ3v) is 2.89. The Morgan fingerprint density at radius 3 is 2.41 bits per heavy atom. The zero-order valence-corrected chi connectivity index (χ0v) is 9.84. The molecule has 0 fully saturated rings. The van der Waals surface area contributed by atoms with Crippen molar-refractivity contribution in [3.63, 3.8) is 0 Å². The summed E-state index contributed by atoms with van der Waals surface area (Å²) in [6.07, 6.45) is 0. The van der Waals surface area contributed by atoms with Gasteiger partial charge in [-0.05, 0) is 31.6 Å². The first kappa shape index (κ1) is 11.6. The number of nitro groups is 1. The Labute approximate surface area is 99.4 Å². The van der Waals surface area contributed by atoms with Crippen molar-refractivity contribution in [3.05, 3.63) is 45.5 Å². The fourth-order valence-corrected chi connectivity index (χ4v) is 1.60. The molecular weight excluding hydrogens is 220 g/mol. The van der Waals surface area contributed by atoms with Gasteiger partial charge in [0.05, 0.1) is 23.8 Å². The van der Waals surface area contributed by atoms with Crippen molar-refractivity contribution in [2.75, 3.05) is 18.2 Å². The predicted molar refractivity (Wildman–Crippen MR) is 64.8 cm³/mol. The Bertz CT molecular complexity index is 465. The normalized spacial score (nSPS) is 16.2. The molecule has 0 radical (unpaired) electrons. The number of hydroxylamine groups is 1. The highest BCUT2D eigenvalue weighted by molar-refractivity contribution is 5.50. The van der Waals surface area contributed by atoms with Gasteiger partial charge in [0.1, 0.15) is 0 Å². The smallest absolute Gasteiger partial charge is 0.269 e. The second-order valence-corrected chi connectivity index (χ2v) is 4.14. The van der Waals surface area contributed by atoms with Gasteiger partial charge in [0, 0.05) is 12.1 Å². The lowest BCUT2D eigenvalue weighted by atomic mass is 10.1. The molecule has 0 aromatic heterocycles. The van der Waals surface area contributed by atoms with E-state index in [4.69, 9.17) is 4.84 Å². The molecule has 0 aliphatic carbocycles. The molecule has 2 rings (SSSR count). The molecule has 0 spiro atoms. The van der Waals surface area contributed by atoms with Crippen LogP contribution >= 0.6 is 0 Å². The fourth-order valence-electron chi connectivity index (χ4n) is 1.60. The molecule has 5 nitrogen and oxygen atoms in total. The number of anilines is 1. The van der Waals surface area contributed by atoms with Crippen LogP contribution in [0.3, 0.4) is 0 Å². The molecule has 0 saturated carbocycles. The average Bonchev–Trinajstić information content (AvgIpc) is 2.33. The largest absolute Gasteiger partial charge is 0.269 e. The van der Waals surface area contributed by atoms with E-state index in [9.17, 15) is 10.1 Å². The number of nitrogens with zero attached hydrogens (tertiary/aromatic N) is 2. The van der Waals surface area contributed by atoms with Crippen molar-refractivity contribution in [1.29, 1.82) is 0 Å². The minimum absolute atomic E-state index is 0.0919. The molecule has 1 aliphatic heterocycles. The standard InChI is InChI=1S/C12H14N2O3/c1-9-7-13(17-8-10(9)2)11-3-5-12(6-4-11)14(15)16/h3-6H,7-8H2,1-2H3. The summed E-state index contributed by atoms with van der Waals surface area (Å²) < 4.78 is 0. The van der Waals surface area contributed by atoms with E-state index in [2.05, 4.69) is 6.92 Å². The van der Waals surface area contributed by atoms with Crippen molar-refractivity contribution < 1.29 is 9.76 Å². The highest BCUT2D eigenvalue weighted by Crippen LogP contribution is 2.23. The molecule has 1 heterocycles. The van der Waals surface area contributed by atoms with Crippen molar-refractivity contribution in [2.24, 2.45) is 0 Å². The van der Waals surface area contributed by atoms with Crippen LogP contribution in [0, 0.1) is 10.1 Å². The summed E-state index contributed by atoms with van der Waals surface area (Å²) in [5.41, 5.74) is 3.44. The van der Waals surface area contributed by atoms with Gasteiger partial charge in [-0.15, -0.1) is 0 Å². The number of hydrogen-bond acceptors (Lipinski definition) is 4. The van der Waals surface area contributed by atoms with Crippen LogP contribution in [-0.2, 0) is 4.84 Å². The lowest BCUT2D eigenvalue weighted by Crippen LogP contribution is -2.31. The van der Waals surface area contributed by atoms with Gasteiger partial charge >= 0.3 is 0 Å². The van der Waals surface area contributed by atoms with E-state index in [1.54, 1.807) is 17.2 Å². The molecule has 0 atom stereocenters. The van der Waals surface area contributed by atoms with Crippen molar-refractivity contribution in [3.8, 4) is 0 Å². The molecule has 1 aromatic rings. The zero-order valence-electron chi connectivity index (χ0n) is 9.84. The lowest BCUT2D eigenvalue weighted by molar-refractivity contribution is -0.384. The monoisotopic (exact) mass is 234 g/mol. The fraction of sp³-hybridized carbons (Fsp3) is 0.333. The number of nitro benzene ring substituents is 1. The summed E-state index contributed by atoms with van der Waals surface area (Å²) in [6, 6.07) is 6.37. The highest BCUT2D eigenvalue weighted by Gasteiger charge is 2.16. The Balaban J connectivity index is 2.16. The summed E-state index contributed by atoms with van der Waals surface area (Å²) in [5.74, 6) is 0. The quantitative estimate of drug-likeness (QED) is 0.448. The number of rotatable bonds is 2. The first-order valence-corrected chi connectivity index (χ1v) is 5.38. The van der Waals surface area contributed by atoms with Crippen LogP contribution in [0.4, 0.5) is 11.4 Å². The molecule has 1 aliphatic rings. The van der Waals surface area contributed by atoms with Crippen LogP contribution in [0.2, 0.25) is 0 Å². The third kappa shape index (κ3) is 2.45. The van der Waals surface area contributed by atoms with Crippen molar-refractivity contribution >= 4 is 11.4 Å². The van der Waals surface area contributed by atoms with E-state index < -0.39 is 4.92 Å². The molecule has 1 aromatic carbocycles.